The van der Waals surface area contributed by atoms with Gasteiger partial charge in [-0.1, -0.05) is 0 Å². The maximum Gasteiger partial charge on any atom is 0.0869 e. The average molecular weight is 131 g/mol. The van der Waals surface area contributed by atoms with Crippen molar-refractivity contribution in [1.29, 1.82) is 0 Å². The first-order valence-electron chi connectivity index (χ1n) is 3.03. The van der Waals surface area contributed by atoms with Crippen LogP contribution in [-0.4, -0.2) is 35.1 Å². The van der Waals surface area contributed by atoms with Gasteiger partial charge in [0.2, 0.25) is 0 Å². The van der Waals surface area contributed by atoms with E-state index in [4.69, 9.17) is 14.9 Å². The summed E-state index contributed by atoms with van der Waals surface area (Å²) >= 11 is 0. The van der Waals surface area contributed by atoms with E-state index in [-0.39, 0.29) is 18.8 Å². The minimum Gasteiger partial charge on any atom is -0.394 e. The van der Waals surface area contributed by atoms with Gasteiger partial charge in [0.05, 0.1) is 24.9 Å². The molecule has 3 nitrogen and oxygen atoms in total. The molecule has 0 bridgehead atoms. The van der Waals surface area contributed by atoms with Gasteiger partial charge in [-0.15, -0.1) is 0 Å². The lowest BCUT2D eigenvalue weighted by Crippen LogP contribution is -2.15. The molecule has 3 atom stereocenters. The van der Waals surface area contributed by atoms with Gasteiger partial charge < -0.3 is 14.9 Å². The summed E-state index contributed by atoms with van der Waals surface area (Å²) in [5, 5.41) is 17.5. The summed E-state index contributed by atoms with van der Waals surface area (Å²) < 4.78 is 5.07. The van der Waals surface area contributed by atoms with Crippen LogP contribution >= 0.6 is 0 Å². The van der Waals surface area contributed by atoms with Crippen LogP contribution in [0, 0.1) is 6.42 Å². The Hall–Kier alpha value is -0.120. The number of rotatable bonds is 1. The van der Waals surface area contributed by atoms with E-state index in [0.29, 0.717) is 0 Å². The molecule has 1 radical (unpaired) electrons. The quantitative estimate of drug-likeness (QED) is 0.496. The molecule has 1 rings (SSSR count). The van der Waals surface area contributed by atoms with E-state index in [2.05, 4.69) is 0 Å². The van der Waals surface area contributed by atoms with E-state index in [0.717, 1.165) is 0 Å². The van der Waals surface area contributed by atoms with E-state index in [1.807, 2.05) is 0 Å². The highest BCUT2D eigenvalue weighted by atomic mass is 16.5. The second-order valence-electron chi connectivity index (χ2n) is 2.25. The molecule has 0 amide bonds. The Morgan fingerprint density at radius 1 is 1.67 bits per heavy atom. The fourth-order valence-corrected chi connectivity index (χ4v) is 0.882. The van der Waals surface area contributed by atoms with Crippen molar-refractivity contribution in [2.24, 2.45) is 0 Å². The van der Waals surface area contributed by atoms with Crippen molar-refractivity contribution in [3.8, 4) is 0 Å². The van der Waals surface area contributed by atoms with Gasteiger partial charge in [-0.3, -0.25) is 0 Å². The van der Waals surface area contributed by atoms with Crippen molar-refractivity contribution in [2.45, 2.75) is 25.2 Å². The van der Waals surface area contributed by atoms with Gasteiger partial charge in [0.1, 0.15) is 0 Å². The van der Waals surface area contributed by atoms with Crippen molar-refractivity contribution in [3.63, 3.8) is 0 Å². The first kappa shape index (κ1) is 6.99. The molecule has 3 heteroatoms. The number of aliphatic hydroxyl groups is 2. The van der Waals surface area contributed by atoms with Crippen LogP contribution in [0.3, 0.4) is 0 Å². The molecule has 1 heterocycles. The van der Waals surface area contributed by atoms with Gasteiger partial charge in [-0.2, -0.15) is 0 Å². The van der Waals surface area contributed by atoms with Gasteiger partial charge in [0, 0.05) is 6.42 Å². The van der Waals surface area contributed by atoms with Crippen LogP contribution < -0.4 is 0 Å². The smallest absolute Gasteiger partial charge is 0.0869 e. The molecule has 1 aliphatic rings. The standard InChI is InChI=1S/C6H11O3/c1-4-6(8)2-5(3-7)9-4/h2,4-8H,3H2,1H3. The molecular formula is C6H11O3. The SMILES string of the molecule is CC1OC(CO)[CH]C1O. The highest BCUT2D eigenvalue weighted by Crippen LogP contribution is 2.17. The van der Waals surface area contributed by atoms with E-state index in [9.17, 15) is 0 Å². The highest BCUT2D eigenvalue weighted by molar-refractivity contribution is 4.94. The Labute approximate surface area is 54.3 Å². The lowest BCUT2D eigenvalue weighted by atomic mass is 10.2. The predicted octanol–water partition coefficient (Wildman–Crippen LogP) is -0.669. The number of hydrogen-bond acceptors (Lipinski definition) is 3. The van der Waals surface area contributed by atoms with E-state index < -0.39 is 6.10 Å². The third kappa shape index (κ3) is 1.41. The molecule has 0 saturated carbocycles. The van der Waals surface area contributed by atoms with Crippen LogP contribution in [0.5, 0.6) is 0 Å². The van der Waals surface area contributed by atoms with Gasteiger partial charge >= 0.3 is 0 Å². The van der Waals surface area contributed by atoms with Crippen molar-refractivity contribution in [2.75, 3.05) is 6.61 Å². The van der Waals surface area contributed by atoms with Gasteiger partial charge in [-0.05, 0) is 6.92 Å². The summed E-state index contributed by atoms with van der Waals surface area (Å²) in [7, 11) is 0. The third-order valence-electron chi connectivity index (χ3n) is 1.46. The summed E-state index contributed by atoms with van der Waals surface area (Å²) in [6, 6.07) is 0. The van der Waals surface area contributed by atoms with Gasteiger partial charge in [0.15, 0.2) is 0 Å². The summed E-state index contributed by atoms with van der Waals surface area (Å²) in [5.74, 6) is 0. The van der Waals surface area contributed by atoms with Crippen LogP contribution in [0.25, 0.3) is 0 Å². The topological polar surface area (TPSA) is 49.7 Å². The van der Waals surface area contributed by atoms with Crippen LogP contribution in [0.15, 0.2) is 0 Å². The Bertz CT molecular complexity index is 84.3. The molecule has 0 aromatic heterocycles. The Kier molecular flexibility index (Phi) is 2.05. The molecule has 0 aliphatic carbocycles. The molecule has 1 aliphatic heterocycles. The molecule has 2 N–H and O–H groups in total. The first-order valence-corrected chi connectivity index (χ1v) is 3.03. The maximum absolute atomic E-state index is 9.01. The largest absolute Gasteiger partial charge is 0.394 e. The Morgan fingerprint density at radius 3 is 2.56 bits per heavy atom. The van der Waals surface area contributed by atoms with E-state index >= 15 is 0 Å². The van der Waals surface area contributed by atoms with Crippen molar-refractivity contribution in [1.82, 2.24) is 0 Å². The zero-order valence-corrected chi connectivity index (χ0v) is 5.32. The molecule has 0 aromatic carbocycles. The summed E-state index contributed by atoms with van der Waals surface area (Å²) in [5.41, 5.74) is 0. The normalized spacial score (nSPS) is 43.7. The summed E-state index contributed by atoms with van der Waals surface area (Å²) in [6.07, 6.45) is 0.657. The fourth-order valence-electron chi connectivity index (χ4n) is 0.882. The van der Waals surface area contributed by atoms with Crippen molar-refractivity contribution in [3.05, 3.63) is 6.42 Å². The van der Waals surface area contributed by atoms with Crippen molar-refractivity contribution < 1.29 is 14.9 Å². The summed E-state index contributed by atoms with van der Waals surface area (Å²) in [4.78, 5) is 0. The molecule has 1 fully saturated rings. The third-order valence-corrected chi connectivity index (χ3v) is 1.46. The predicted molar refractivity (Wildman–Crippen MR) is 31.7 cm³/mol. The van der Waals surface area contributed by atoms with Gasteiger partial charge in [-0.25, -0.2) is 0 Å². The minimum atomic E-state index is -0.512. The lowest BCUT2D eigenvalue weighted by Gasteiger charge is -2.05. The molecule has 0 aromatic rings. The average Bonchev–Trinajstić information content (AvgIpc) is 2.13. The second kappa shape index (κ2) is 2.64. The monoisotopic (exact) mass is 131 g/mol. The van der Waals surface area contributed by atoms with Gasteiger partial charge in [0.25, 0.3) is 0 Å². The minimum absolute atomic E-state index is 0.0403. The number of aliphatic hydroxyl groups excluding tert-OH is 2. The van der Waals surface area contributed by atoms with Crippen LogP contribution in [0.4, 0.5) is 0 Å². The first-order chi connectivity index (χ1) is 4.24. The Balaban J connectivity index is 2.35. The van der Waals surface area contributed by atoms with E-state index in [1.54, 1.807) is 13.3 Å². The number of ether oxygens (including phenoxy) is 1. The lowest BCUT2D eigenvalue weighted by molar-refractivity contribution is 0.00183. The second-order valence-corrected chi connectivity index (χ2v) is 2.25. The van der Waals surface area contributed by atoms with E-state index in [1.165, 1.54) is 0 Å². The van der Waals surface area contributed by atoms with Crippen LogP contribution in [0.1, 0.15) is 6.92 Å². The highest BCUT2D eigenvalue weighted by Gasteiger charge is 2.29. The molecule has 9 heavy (non-hydrogen) atoms. The van der Waals surface area contributed by atoms with Crippen LogP contribution in [-0.2, 0) is 4.74 Å². The maximum atomic E-state index is 9.01. The Morgan fingerprint density at radius 2 is 2.33 bits per heavy atom. The zero-order valence-electron chi connectivity index (χ0n) is 5.32. The van der Waals surface area contributed by atoms with Crippen molar-refractivity contribution >= 4 is 0 Å². The van der Waals surface area contributed by atoms with Crippen LogP contribution in [0.2, 0.25) is 0 Å². The molecule has 0 spiro atoms. The number of hydrogen-bond donors (Lipinski definition) is 2. The summed E-state index contributed by atoms with van der Waals surface area (Å²) in [6.45, 7) is 1.73. The zero-order chi connectivity index (χ0) is 6.85. The molecule has 3 unspecified atom stereocenters. The molecular weight excluding hydrogens is 120 g/mol. The molecule has 53 valence electrons. The fraction of sp³-hybridized carbons (Fsp3) is 0.833. The molecule has 1 saturated heterocycles.